The number of nitrogens with one attached hydrogen (secondary N) is 1. The zero-order chi connectivity index (χ0) is 25.1. The standard InChI is InChI=1S/C27H21ClN2O5/c1-15-23(21-6-4-5-7-22(21)30-24(15)16-8-10-19(28)11-9-16)25(31)29-20-13-17(26(32)34-2)12-18(14-20)27(33)35-3/h4-14H,1-3H3,(H,29,31). The number of methoxy groups -OCH3 is 2. The summed E-state index contributed by atoms with van der Waals surface area (Å²) in [6.07, 6.45) is 0. The summed E-state index contributed by atoms with van der Waals surface area (Å²) in [5.74, 6) is -1.72. The van der Waals surface area contributed by atoms with Crippen molar-refractivity contribution in [3.05, 3.63) is 94.0 Å². The van der Waals surface area contributed by atoms with Crippen LogP contribution in [0.15, 0.2) is 66.7 Å². The smallest absolute Gasteiger partial charge is 0.337 e. The molecule has 1 heterocycles. The fraction of sp³-hybridized carbons (Fsp3) is 0.111. The molecule has 0 radical (unpaired) electrons. The number of carbonyl (C=O) groups is 3. The second-order valence-corrected chi connectivity index (χ2v) is 8.16. The first-order valence-electron chi connectivity index (χ1n) is 10.6. The van der Waals surface area contributed by atoms with E-state index in [9.17, 15) is 14.4 Å². The van der Waals surface area contributed by atoms with E-state index in [1.165, 1.54) is 32.4 Å². The number of hydrogen-bond acceptors (Lipinski definition) is 6. The van der Waals surface area contributed by atoms with Crippen molar-refractivity contribution in [3.63, 3.8) is 0 Å². The van der Waals surface area contributed by atoms with Crippen LogP contribution in [0.2, 0.25) is 5.02 Å². The number of fused-ring (bicyclic) bond motifs is 1. The Morgan fingerprint density at radius 1 is 0.857 bits per heavy atom. The lowest BCUT2D eigenvalue weighted by atomic mass is 9.97. The third kappa shape index (κ3) is 4.85. The molecule has 176 valence electrons. The fourth-order valence-corrected chi connectivity index (χ4v) is 3.98. The molecule has 35 heavy (non-hydrogen) atoms. The maximum Gasteiger partial charge on any atom is 0.337 e. The zero-order valence-electron chi connectivity index (χ0n) is 19.2. The molecular formula is C27H21ClN2O5. The van der Waals surface area contributed by atoms with E-state index >= 15 is 0 Å². The zero-order valence-corrected chi connectivity index (χ0v) is 20.0. The van der Waals surface area contributed by atoms with E-state index in [2.05, 4.69) is 5.32 Å². The Bertz CT molecular complexity index is 1430. The fourth-order valence-electron chi connectivity index (χ4n) is 3.85. The predicted molar refractivity (Wildman–Crippen MR) is 134 cm³/mol. The van der Waals surface area contributed by atoms with Crippen molar-refractivity contribution in [2.24, 2.45) is 0 Å². The van der Waals surface area contributed by atoms with Gasteiger partial charge in [0.15, 0.2) is 0 Å². The van der Waals surface area contributed by atoms with Crippen LogP contribution in [-0.2, 0) is 9.47 Å². The van der Waals surface area contributed by atoms with E-state index < -0.39 is 17.8 Å². The molecule has 0 aliphatic rings. The molecule has 0 fully saturated rings. The molecule has 4 rings (SSSR count). The Hall–Kier alpha value is -4.23. The summed E-state index contributed by atoms with van der Waals surface area (Å²) in [5.41, 5.74) is 3.63. The van der Waals surface area contributed by atoms with Gasteiger partial charge >= 0.3 is 11.9 Å². The number of pyridine rings is 1. The third-order valence-corrected chi connectivity index (χ3v) is 5.77. The van der Waals surface area contributed by atoms with E-state index in [0.717, 1.165) is 5.56 Å². The Labute approximate surface area is 206 Å². The number of aromatic nitrogens is 1. The van der Waals surface area contributed by atoms with Crippen LogP contribution in [0.3, 0.4) is 0 Å². The van der Waals surface area contributed by atoms with Crippen LogP contribution in [0.25, 0.3) is 22.2 Å². The molecule has 0 spiro atoms. The van der Waals surface area contributed by atoms with Crippen molar-refractivity contribution in [2.75, 3.05) is 19.5 Å². The van der Waals surface area contributed by atoms with Gasteiger partial charge in [0.2, 0.25) is 0 Å². The monoisotopic (exact) mass is 488 g/mol. The quantitative estimate of drug-likeness (QED) is 0.363. The number of benzene rings is 3. The van der Waals surface area contributed by atoms with Crippen molar-refractivity contribution >= 4 is 46.0 Å². The normalized spacial score (nSPS) is 10.6. The van der Waals surface area contributed by atoms with Gasteiger partial charge in [0, 0.05) is 21.7 Å². The van der Waals surface area contributed by atoms with E-state index in [4.69, 9.17) is 26.1 Å². The van der Waals surface area contributed by atoms with Crippen molar-refractivity contribution in [3.8, 4) is 11.3 Å². The number of hydrogen-bond donors (Lipinski definition) is 1. The molecule has 0 atom stereocenters. The average molecular weight is 489 g/mol. The van der Waals surface area contributed by atoms with E-state index in [1.54, 1.807) is 12.1 Å². The maximum absolute atomic E-state index is 13.6. The molecule has 8 heteroatoms. The van der Waals surface area contributed by atoms with Gasteiger partial charge in [-0.25, -0.2) is 14.6 Å². The number of carbonyl (C=O) groups excluding carboxylic acids is 3. The first-order valence-corrected chi connectivity index (χ1v) is 11.0. The molecule has 0 unspecified atom stereocenters. The van der Waals surface area contributed by atoms with Crippen LogP contribution in [0.4, 0.5) is 5.69 Å². The highest BCUT2D eigenvalue weighted by molar-refractivity contribution is 6.30. The minimum Gasteiger partial charge on any atom is -0.465 e. The first kappa shape index (κ1) is 23.9. The molecule has 3 aromatic carbocycles. The SMILES string of the molecule is COC(=O)c1cc(NC(=O)c2c(C)c(-c3ccc(Cl)cc3)nc3ccccc23)cc(C(=O)OC)c1. The molecule has 0 aliphatic carbocycles. The summed E-state index contributed by atoms with van der Waals surface area (Å²) in [4.78, 5) is 42.6. The molecule has 1 N–H and O–H groups in total. The molecule has 1 aromatic heterocycles. The number of esters is 2. The summed E-state index contributed by atoms with van der Waals surface area (Å²) in [5, 5.41) is 4.07. The van der Waals surface area contributed by atoms with E-state index in [0.29, 0.717) is 32.7 Å². The van der Waals surface area contributed by atoms with Crippen LogP contribution < -0.4 is 5.32 Å². The van der Waals surface area contributed by atoms with Crippen molar-refractivity contribution < 1.29 is 23.9 Å². The van der Waals surface area contributed by atoms with Crippen LogP contribution in [0.5, 0.6) is 0 Å². The van der Waals surface area contributed by atoms with Gasteiger partial charge in [-0.05, 0) is 48.9 Å². The molecule has 0 saturated carbocycles. The number of para-hydroxylation sites is 1. The van der Waals surface area contributed by atoms with Gasteiger partial charge in [0.05, 0.1) is 42.1 Å². The average Bonchev–Trinajstić information content (AvgIpc) is 2.87. The lowest BCUT2D eigenvalue weighted by Gasteiger charge is -2.15. The maximum atomic E-state index is 13.6. The number of halogens is 1. The Balaban J connectivity index is 1.83. The topological polar surface area (TPSA) is 94.6 Å². The van der Waals surface area contributed by atoms with Crippen LogP contribution in [0, 0.1) is 6.92 Å². The predicted octanol–water partition coefficient (Wildman–Crippen LogP) is 5.69. The number of rotatable bonds is 5. The van der Waals surface area contributed by atoms with Gasteiger partial charge < -0.3 is 14.8 Å². The minimum atomic E-state index is -0.651. The number of anilines is 1. The Morgan fingerprint density at radius 2 is 1.46 bits per heavy atom. The van der Waals surface area contributed by atoms with Crippen molar-refractivity contribution in [1.82, 2.24) is 4.98 Å². The highest BCUT2D eigenvalue weighted by atomic mass is 35.5. The van der Waals surface area contributed by atoms with Gasteiger partial charge in [-0.15, -0.1) is 0 Å². The Morgan fingerprint density at radius 3 is 2.06 bits per heavy atom. The van der Waals surface area contributed by atoms with Gasteiger partial charge in [-0.1, -0.05) is 41.9 Å². The van der Waals surface area contributed by atoms with Crippen LogP contribution in [-0.4, -0.2) is 37.0 Å². The van der Waals surface area contributed by atoms with Crippen LogP contribution >= 0.6 is 11.6 Å². The number of ether oxygens (including phenoxy) is 2. The summed E-state index contributed by atoms with van der Waals surface area (Å²) in [6.45, 7) is 1.82. The van der Waals surface area contributed by atoms with Crippen molar-refractivity contribution in [1.29, 1.82) is 0 Å². The summed E-state index contributed by atoms with van der Waals surface area (Å²) < 4.78 is 9.56. The number of amides is 1. The highest BCUT2D eigenvalue weighted by Crippen LogP contribution is 2.31. The van der Waals surface area contributed by atoms with Crippen molar-refractivity contribution in [2.45, 2.75) is 6.92 Å². The van der Waals surface area contributed by atoms with E-state index in [-0.39, 0.29) is 16.8 Å². The highest BCUT2D eigenvalue weighted by Gasteiger charge is 2.21. The second kappa shape index (κ2) is 9.95. The Kier molecular flexibility index (Phi) is 6.80. The van der Waals surface area contributed by atoms with Gasteiger partial charge in [-0.3, -0.25) is 4.79 Å². The van der Waals surface area contributed by atoms with Gasteiger partial charge in [-0.2, -0.15) is 0 Å². The van der Waals surface area contributed by atoms with Gasteiger partial charge in [0.1, 0.15) is 0 Å². The summed E-state index contributed by atoms with van der Waals surface area (Å²) in [7, 11) is 2.46. The summed E-state index contributed by atoms with van der Waals surface area (Å²) in [6, 6.07) is 18.8. The second-order valence-electron chi connectivity index (χ2n) is 7.72. The number of nitrogens with zero attached hydrogens (tertiary/aromatic N) is 1. The summed E-state index contributed by atoms with van der Waals surface area (Å²) >= 11 is 6.05. The van der Waals surface area contributed by atoms with Gasteiger partial charge in [0.25, 0.3) is 5.91 Å². The molecule has 1 amide bonds. The first-order chi connectivity index (χ1) is 16.8. The lowest BCUT2D eigenvalue weighted by Crippen LogP contribution is -2.16. The molecule has 0 saturated heterocycles. The lowest BCUT2D eigenvalue weighted by molar-refractivity contribution is 0.0599. The molecule has 0 aliphatic heterocycles. The molecule has 4 aromatic rings. The molecular weight excluding hydrogens is 468 g/mol. The molecule has 0 bridgehead atoms. The molecule has 7 nitrogen and oxygen atoms in total. The minimum absolute atomic E-state index is 0.101. The third-order valence-electron chi connectivity index (χ3n) is 5.51. The largest absolute Gasteiger partial charge is 0.465 e. The van der Waals surface area contributed by atoms with Crippen LogP contribution in [0.1, 0.15) is 36.6 Å². The van der Waals surface area contributed by atoms with E-state index in [1.807, 2.05) is 43.3 Å².